The molecule has 2 aromatic rings. The van der Waals surface area contributed by atoms with Gasteiger partial charge in [-0.15, -0.1) is 0 Å². The topological polar surface area (TPSA) is 119 Å². The summed E-state index contributed by atoms with van der Waals surface area (Å²) < 4.78 is 8.45. The second-order valence-corrected chi connectivity index (χ2v) is 6.86. The number of hydrogen-bond donors (Lipinski definition) is 3. The Morgan fingerprint density at radius 1 is 1.24 bits per heavy atom. The smallest absolute Gasteiger partial charge is 0.345 e. The second-order valence-electron chi connectivity index (χ2n) is 6.86. The quantitative estimate of drug-likeness (QED) is 0.607. The average molecular weight is 402 g/mol. The van der Waals surface area contributed by atoms with Crippen molar-refractivity contribution in [2.75, 3.05) is 24.3 Å². The van der Waals surface area contributed by atoms with E-state index in [0.717, 1.165) is 31.6 Å². The van der Waals surface area contributed by atoms with Crippen LogP contribution in [0.1, 0.15) is 32.0 Å². The summed E-state index contributed by atoms with van der Waals surface area (Å²) in [5.74, 6) is 1.12. The van der Waals surface area contributed by atoms with Crippen LogP contribution in [-0.4, -0.2) is 39.9 Å². The maximum absolute atomic E-state index is 12.3. The number of aryl methyl sites for hydroxylation is 2. The van der Waals surface area contributed by atoms with Crippen LogP contribution in [0.3, 0.4) is 0 Å². The number of rotatable bonds is 7. The summed E-state index contributed by atoms with van der Waals surface area (Å²) >= 11 is 0. The molecule has 0 radical (unpaired) electrons. The molecule has 0 aliphatic carbocycles. The van der Waals surface area contributed by atoms with Crippen molar-refractivity contribution >= 4 is 23.3 Å². The molecular formula is C19H26N6O4. The number of anilines is 2. The van der Waals surface area contributed by atoms with Crippen molar-refractivity contribution in [1.82, 2.24) is 19.7 Å². The van der Waals surface area contributed by atoms with Crippen molar-refractivity contribution in [3.05, 3.63) is 34.5 Å². The normalized spacial score (nSPS) is 12.8. The average Bonchev–Trinajstić information content (AvgIpc) is 3.01. The number of carbonyl (C=O) groups excluding carboxylic acids is 2. The highest BCUT2D eigenvalue weighted by Crippen LogP contribution is 2.27. The monoisotopic (exact) mass is 402 g/mol. The van der Waals surface area contributed by atoms with Crippen LogP contribution in [0.2, 0.25) is 0 Å². The van der Waals surface area contributed by atoms with Crippen molar-refractivity contribution in [2.24, 2.45) is 0 Å². The summed E-state index contributed by atoms with van der Waals surface area (Å²) in [6.45, 7) is 2.97. The van der Waals surface area contributed by atoms with E-state index in [1.54, 1.807) is 22.8 Å². The van der Waals surface area contributed by atoms with Gasteiger partial charge < -0.3 is 20.7 Å². The molecule has 0 fully saturated rings. The Morgan fingerprint density at radius 2 is 2.07 bits per heavy atom. The van der Waals surface area contributed by atoms with Crippen LogP contribution in [0, 0.1) is 0 Å². The van der Waals surface area contributed by atoms with Gasteiger partial charge in [-0.3, -0.25) is 9.36 Å². The van der Waals surface area contributed by atoms with Crippen LogP contribution in [0.4, 0.5) is 16.2 Å². The lowest BCUT2D eigenvalue weighted by Crippen LogP contribution is -2.31. The zero-order chi connectivity index (χ0) is 20.8. The predicted molar refractivity (Wildman–Crippen MR) is 108 cm³/mol. The number of carbonyl (C=O) groups is 2. The molecule has 3 N–H and O–H groups in total. The minimum atomic E-state index is -0.403. The maximum atomic E-state index is 12.3. The van der Waals surface area contributed by atoms with Gasteiger partial charge >= 0.3 is 11.7 Å². The molecule has 3 rings (SSSR count). The number of urea groups is 1. The first-order valence-corrected chi connectivity index (χ1v) is 9.65. The maximum Gasteiger partial charge on any atom is 0.345 e. The number of nitrogens with one attached hydrogen (secondary N) is 3. The molecule has 10 heteroatoms. The summed E-state index contributed by atoms with van der Waals surface area (Å²) in [6, 6.07) is 4.56. The van der Waals surface area contributed by atoms with Gasteiger partial charge in [0.05, 0.1) is 12.8 Å². The Balaban J connectivity index is 1.51. The largest absolute Gasteiger partial charge is 0.495 e. The van der Waals surface area contributed by atoms with Crippen molar-refractivity contribution in [3.63, 3.8) is 0 Å². The van der Waals surface area contributed by atoms with E-state index in [4.69, 9.17) is 4.74 Å². The first-order chi connectivity index (χ1) is 14.0. The summed E-state index contributed by atoms with van der Waals surface area (Å²) in [6.07, 6.45) is 3.48. The highest BCUT2D eigenvalue weighted by molar-refractivity contribution is 5.94. The Morgan fingerprint density at radius 3 is 2.79 bits per heavy atom. The predicted octanol–water partition coefficient (Wildman–Crippen LogP) is 1.56. The van der Waals surface area contributed by atoms with E-state index in [1.165, 1.54) is 18.7 Å². The molecule has 10 nitrogen and oxygen atoms in total. The standard InChI is InChI=1S/C19H26N6O4/c1-13(26)21-14-7-8-16(29-2)15(12-14)22-18(27)20-9-5-11-25-19(28)24-10-4-3-6-17(24)23-25/h7-8,12H,3-6,9-11H2,1-2H3,(H,21,26)(H2,20,22,27). The number of benzene rings is 1. The van der Waals surface area contributed by atoms with Crippen LogP contribution in [0.15, 0.2) is 23.0 Å². The molecule has 1 aromatic carbocycles. The lowest BCUT2D eigenvalue weighted by molar-refractivity contribution is -0.114. The van der Waals surface area contributed by atoms with Gasteiger partial charge in [-0.1, -0.05) is 0 Å². The van der Waals surface area contributed by atoms with E-state index >= 15 is 0 Å². The molecule has 1 aromatic heterocycles. The first kappa shape index (κ1) is 20.4. The third kappa shape index (κ3) is 5.15. The number of nitrogens with zero attached hydrogens (tertiary/aromatic N) is 3. The fraction of sp³-hybridized carbons (Fsp3) is 0.474. The Hall–Kier alpha value is -3.30. The molecule has 0 saturated heterocycles. The molecule has 2 heterocycles. The Bertz CT molecular complexity index is 949. The molecule has 0 saturated carbocycles. The molecule has 1 aliphatic heterocycles. The van der Waals surface area contributed by atoms with E-state index in [0.29, 0.717) is 36.6 Å². The van der Waals surface area contributed by atoms with Gasteiger partial charge in [-0.25, -0.2) is 14.3 Å². The SMILES string of the molecule is COc1ccc(NC(C)=O)cc1NC(=O)NCCCn1nc2n(c1=O)CCCC2. The summed E-state index contributed by atoms with van der Waals surface area (Å²) in [7, 11) is 1.50. The van der Waals surface area contributed by atoms with Crippen molar-refractivity contribution < 1.29 is 14.3 Å². The number of ether oxygens (including phenoxy) is 1. The zero-order valence-corrected chi connectivity index (χ0v) is 16.7. The van der Waals surface area contributed by atoms with Crippen molar-refractivity contribution in [2.45, 2.75) is 45.7 Å². The van der Waals surface area contributed by atoms with Crippen molar-refractivity contribution in [3.8, 4) is 5.75 Å². The zero-order valence-electron chi connectivity index (χ0n) is 16.7. The summed E-state index contributed by atoms with van der Waals surface area (Å²) in [5.41, 5.74) is 0.912. The Kier molecular flexibility index (Phi) is 6.53. The Labute approximate surface area is 168 Å². The molecule has 0 atom stereocenters. The first-order valence-electron chi connectivity index (χ1n) is 9.65. The molecule has 29 heavy (non-hydrogen) atoms. The van der Waals surface area contributed by atoms with Gasteiger partial charge in [0.1, 0.15) is 11.6 Å². The van der Waals surface area contributed by atoms with Crippen LogP contribution in [-0.2, 0) is 24.3 Å². The second kappa shape index (κ2) is 9.26. The molecule has 0 spiro atoms. The minimum Gasteiger partial charge on any atom is -0.495 e. The molecule has 0 bridgehead atoms. The van der Waals surface area contributed by atoms with Gasteiger partial charge in [0.15, 0.2) is 0 Å². The van der Waals surface area contributed by atoms with Gasteiger partial charge in [0.2, 0.25) is 5.91 Å². The van der Waals surface area contributed by atoms with Gasteiger partial charge in [-0.2, -0.15) is 5.10 Å². The van der Waals surface area contributed by atoms with E-state index in [-0.39, 0.29) is 11.6 Å². The van der Waals surface area contributed by atoms with Gasteiger partial charge in [-0.05, 0) is 37.5 Å². The van der Waals surface area contributed by atoms with E-state index in [9.17, 15) is 14.4 Å². The van der Waals surface area contributed by atoms with Gasteiger partial charge in [0, 0.05) is 38.7 Å². The van der Waals surface area contributed by atoms with E-state index in [2.05, 4.69) is 21.0 Å². The van der Waals surface area contributed by atoms with Crippen LogP contribution in [0.25, 0.3) is 0 Å². The van der Waals surface area contributed by atoms with Crippen LogP contribution in [0.5, 0.6) is 5.75 Å². The number of fused-ring (bicyclic) bond motifs is 1. The van der Waals surface area contributed by atoms with Crippen LogP contribution < -0.4 is 26.4 Å². The lowest BCUT2D eigenvalue weighted by atomic mass is 10.2. The summed E-state index contributed by atoms with van der Waals surface area (Å²) in [5, 5.41) is 12.5. The minimum absolute atomic E-state index is 0.0799. The lowest BCUT2D eigenvalue weighted by Gasteiger charge is -2.13. The number of aromatic nitrogens is 3. The number of hydrogen-bond acceptors (Lipinski definition) is 5. The van der Waals surface area contributed by atoms with E-state index in [1.807, 2.05) is 0 Å². The van der Waals surface area contributed by atoms with Gasteiger partial charge in [0.25, 0.3) is 0 Å². The number of amides is 3. The summed E-state index contributed by atoms with van der Waals surface area (Å²) in [4.78, 5) is 35.7. The molecular weight excluding hydrogens is 376 g/mol. The molecule has 156 valence electrons. The fourth-order valence-electron chi connectivity index (χ4n) is 3.28. The number of methoxy groups -OCH3 is 1. The van der Waals surface area contributed by atoms with Crippen LogP contribution >= 0.6 is 0 Å². The van der Waals surface area contributed by atoms with E-state index < -0.39 is 6.03 Å². The highest BCUT2D eigenvalue weighted by atomic mass is 16.5. The molecule has 1 aliphatic rings. The highest BCUT2D eigenvalue weighted by Gasteiger charge is 2.16. The third-order valence-electron chi connectivity index (χ3n) is 4.63. The van der Waals surface area contributed by atoms with Crippen molar-refractivity contribution in [1.29, 1.82) is 0 Å². The molecule has 3 amide bonds. The fourth-order valence-corrected chi connectivity index (χ4v) is 3.28. The third-order valence-corrected chi connectivity index (χ3v) is 4.63. The molecule has 0 unspecified atom stereocenters.